The molecule has 23 heavy (non-hydrogen) atoms. The molecule has 0 amide bonds. The molecule has 4 heteroatoms. The zero-order chi connectivity index (χ0) is 16.3. The minimum absolute atomic E-state index is 0.714. The van der Waals surface area contributed by atoms with Gasteiger partial charge < -0.3 is 15.5 Å². The second kappa shape index (κ2) is 10.3. The Morgan fingerprint density at radius 2 is 2.04 bits per heavy atom. The maximum atomic E-state index is 4.79. The maximum absolute atomic E-state index is 4.79. The molecule has 1 heterocycles. The van der Waals surface area contributed by atoms with Gasteiger partial charge in [0.05, 0.1) is 0 Å². The number of aliphatic imine (C=N–C) groups is 1. The lowest BCUT2D eigenvalue weighted by molar-refractivity contribution is 0.326. The lowest BCUT2D eigenvalue weighted by Gasteiger charge is -2.15. The third-order valence-electron chi connectivity index (χ3n) is 4.31. The van der Waals surface area contributed by atoms with Crippen LogP contribution >= 0.6 is 0 Å². The molecule has 1 fully saturated rings. The van der Waals surface area contributed by atoms with Crippen LogP contribution < -0.4 is 10.6 Å². The van der Waals surface area contributed by atoms with E-state index >= 15 is 0 Å². The first-order valence-corrected chi connectivity index (χ1v) is 9.10. The van der Waals surface area contributed by atoms with Crippen LogP contribution in [-0.4, -0.2) is 50.1 Å². The molecule has 2 rings (SSSR count). The van der Waals surface area contributed by atoms with E-state index in [9.17, 15) is 0 Å². The van der Waals surface area contributed by atoms with Gasteiger partial charge >= 0.3 is 0 Å². The van der Waals surface area contributed by atoms with E-state index < -0.39 is 0 Å². The molecule has 0 aliphatic carbocycles. The van der Waals surface area contributed by atoms with Crippen molar-refractivity contribution in [2.75, 3.05) is 39.3 Å². The van der Waals surface area contributed by atoms with Crippen molar-refractivity contribution >= 4 is 5.96 Å². The predicted octanol–water partition coefficient (Wildman–Crippen LogP) is 2.52. The molecular formula is C19H32N4. The summed E-state index contributed by atoms with van der Waals surface area (Å²) in [7, 11) is 0. The van der Waals surface area contributed by atoms with Gasteiger partial charge in [0.25, 0.3) is 0 Å². The quantitative estimate of drug-likeness (QED) is 0.572. The zero-order valence-corrected chi connectivity index (χ0v) is 14.7. The number of guanidine groups is 1. The first-order chi connectivity index (χ1) is 11.3. The Bertz CT molecular complexity index is 458. The van der Waals surface area contributed by atoms with E-state index in [1.807, 2.05) is 0 Å². The number of hydrogen-bond acceptors (Lipinski definition) is 2. The van der Waals surface area contributed by atoms with Gasteiger partial charge in [-0.05, 0) is 50.8 Å². The zero-order valence-electron chi connectivity index (χ0n) is 14.7. The van der Waals surface area contributed by atoms with Gasteiger partial charge in [0.1, 0.15) is 0 Å². The van der Waals surface area contributed by atoms with E-state index in [-0.39, 0.29) is 0 Å². The highest BCUT2D eigenvalue weighted by Crippen LogP contribution is 2.16. The summed E-state index contributed by atoms with van der Waals surface area (Å²) >= 11 is 0. The highest BCUT2D eigenvalue weighted by molar-refractivity contribution is 5.79. The summed E-state index contributed by atoms with van der Waals surface area (Å²) in [5.41, 5.74) is 1.36. The monoisotopic (exact) mass is 316 g/mol. The van der Waals surface area contributed by atoms with Crippen molar-refractivity contribution in [1.29, 1.82) is 0 Å². The topological polar surface area (TPSA) is 39.7 Å². The summed E-state index contributed by atoms with van der Waals surface area (Å²) in [6, 6.07) is 10.6. The second-order valence-corrected chi connectivity index (χ2v) is 6.34. The molecule has 0 spiro atoms. The summed E-state index contributed by atoms with van der Waals surface area (Å²) < 4.78 is 0. The fraction of sp³-hybridized carbons (Fsp3) is 0.632. The Morgan fingerprint density at radius 1 is 1.22 bits per heavy atom. The van der Waals surface area contributed by atoms with Crippen LogP contribution in [0.15, 0.2) is 35.3 Å². The molecule has 2 N–H and O–H groups in total. The molecule has 0 bridgehead atoms. The Hall–Kier alpha value is -1.55. The van der Waals surface area contributed by atoms with E-state index in [1.54, 1.807) is 0 Å². The van der Waals surface area contributed by atoms with Crippen molar-refractivity contribution in [2.24, 2.45) is 10.9 Å². The van der Waals surface area contributed by atoms with Gasteiger partial charge in [-0.25, -0.2) is 0 Å². The standard InChI is InChI=1S/C19H32N4/c1-3-13-23-14-11-18(16-23)15-22-19(20-4-2)21-12-10-17-8-6-5-7-9-17/h5-9,18H,3-4,10-16H2,1-2H3,(H2,20,21,22). The summed E-state index contributed by atoms with van der Waals surface area (Å²) in [5.74, 6) is 1.67. The average molecular weight is 316 g/mol. The number of rotatable bonds is 8. The first-order valence-electron chi connectivity index (χ1n) is 9.10. The number of benzene rings is 1. The number of likely N-dealkylation sites (tertiary alicyclic amines) is 1. The molecule has 0 radical (unpaired) electrons. The molecule has 1 atom stereocenters. The van der Waals surface area contributed by atoms with E-state index in [1.165, 1.54) is 38.0 Å². The SMILES string of the molecule is CCCN1CCC(CN=C(NCC)NCCc2ccccc2)C1. The molecular weight excluding hydrogens is 284 g/mol. The van der Waals surface area contributed by atoms with E-state index in [0.717, 1.165) is 32.0 Å². The fourth-order valence-electron chi connectivity index (χ4n) is 3.11. The van der Waals surface area contributed by atoms with Crippen molar-refractivity contribution in [2.45, 2.75) is 33.1 Å². The Kier molecular flexibility index (Phi) is 7.95. The van der Waals surface area contributed by atoms with Gasteiger partial charge in [0, 0.05) is 26.2 Å². The fourth-order valence-corrected chi connectivity index (χ4v) is 3.11. The molecule has 1 aliphatic heterocycles. The Morgan fingerprint density at radius 3 is 2.78 bits per heavy atom. The maximum Gasteiger partial charge on any atom is 0.191 e. The highest BCUT2D eigenvalue weighted by atomic mass is 15.2. The minimum atomic E-state index is 0.714. The van der Waals surface area contributed by atoms with Gasteiger partial charge in [-0.3, -0.25) is 4.99 Å². The second-order valence-electron chi connectivity index (χ2n) is 6.34. The van der Waals surface area contributed by atoms with Gasteiger partial charge in [-0.2, -0.15) is 0 Å². The van der Waals surface area contributed by atoms with Crippen molar-refractivity contribution in [3.8, 4) is 0 Å². The van der Waals surface area contributed by atoms with Gasteiger partial charge in [0.2, 0.25) is 0 Å². The molecule has 1 aromatic rings. The molecule has 0 saturated carbocycles. The van der Waals surface area contributed by atoms with Crippen LogP contribution in [0.2, 0.25) is 0 Å². The minimum Gasteiger partial charge on any atom is -0.357 e. The third kappa shape index (κ3) is 6.61. The molecule has 1 aliphatic rings. The van der Waals surface area contributed by atoms with Crippen LogP contribution in [0, 0.1) is 5.92 Å². The van der Waals surface area contributed by atoms with E-state index in [0.29, 0.717) is 5.92 Å². The van der Waals surface area contributed by atoms with Crippen LogP contribution in [0.4, 0.5) is 0 Å². The number of nitrogens with zero attached hydrogens (tertiary/aromatic N) is 2. The van der Waals surface area contributed by atoms with E-state index in [4.69, 9.17) is 4.99 Å². The van der Waals surface area contributed by atoms with Crippen LogP contribution in [0.5, 0.6) is 0 Å². The van der Waals surface area contributed by atoms with Crippen LogP contribution in [0.3, 0.4) is 0 Å². The first kappa shape index (κ1) is 17.8. The summed E-state index contributed by atoms with van der Waals surface area (Å²) in [6.07, 6.45) is 3.56. The van der Waals surface area contributed by atoms with Gasteiger partial charge in [-0.15, -0.1) is 0 Å². The van der Waals surface area contributed by atoms with Crippen molar-refractivity contribution in [1.82, 2.24) is 15.5 Å². The molecule has 1 unspecified atom stereocenters. The molecule has 1 aromatic carbocycles. The third-order valence-corrected chi connectivity index (χ3v) is 4.31. The van der Waals surface area contributed by atoms with Crippen LogP contribution in [0.25, 0.3) is 0 Å². The molecule has 4 nitrogen and oxygen atoms in total. The summed E-state index contributed by atoms with van der Waals surface area (Å²) in [5, 5.41) is 6.81. The smallest absolute Gasteiger partial charge is 0.191 e. The largest absolute Gasteiger partial charge is 0.357 e. The average Bonchev–Trinajstić information content (AvgIpc) is 3.02. The van der Waals surface area contributed by atoms with Gasteiger partial charge in [-0.1, -0.05) is 37.3 Å². The normalized spacial score (nSPS) is 19.0. The highest BCUT2D eigenvalue weighted by Gasteiger charge is 2.21. The summed E-state index contributed by atoms with van der Waals surface area (Å²) in [6.45, 7) is 10.8. The predicted molar refractivity (Wildman–Crippen MR) is 99.0 cm³/mol. The number of nitrogens with one attached hydrogen (secondary N) is 2. The van der Waals surface area contributed by atoms with Crippen LogP contribution in [-0.2, 0) is 6.42 Å². The lowest BCUT2D eigenvalue weighted by atomic mass is 10.1. The summed E-state index contributed by atoms with van der Waals surface area (Å²) in [4.78, 5) is 7.35. The van der Waals surface area contributed by atoms with Crippen molar-refractivity contribution in [3.05, 3.63) is 35.9 Å². The Balaban J connectivity index is 1.74. The molecule has 128 valence electrons. The molecule has 1 saturated heterocycles. The number of hydrogen-bond donors (Lipinski definition) is 2. The van der Waals surface area contributed by atoms with Crippen molar-refractivity contribution in [3.63, 3.8) is 0 Å². The molecule has 0 aromatic heterocycles. The lowest BCUT2D eigenvalue weighted by Crippen LogP contribution is -2.38. The van der Waals surface area contributed by atoms with Gasteiger partial charge in [0.15, 0.2) is 5.96 Å². The Labute approximate surface area is 141 Å². The van der Waals surface area contributed by atoms with Crippen molar-refractivity contribution < 1.29 is 0 Å². The van der Waals surface area contributed by atoms with Crippen LogP contribution in [0.1, 0.15) is 32.3 Å². The van der Waals surface area contributed by atoms with E-state index in [2.05, 4.69) is 59.7 Å².